The number of rotatable bonds is 5. The van der Waals surface area contributed by atoms with E-state index in [1.165, 1.54) is 38.6 Å². The molecule has 3 rings (SSSR count). The summed E-state index contributed by atoms with van der Waals surface area (Å²) in [6.45, 7) is 3.60. The lowest BCUT2D eigenvalue weighted by molar-refractivity contribution is -0.961. The average Bonchev–Trinajstić information content (AvgIpc) is 2.53. The Labute approximate surface area is 134 Å². The molecule has 2 bridgehead atoms. The van der Waals surface area contributed by atoms with Crippen LogP contribution in [0.15, 0.2) is 30.3 Å². The molecule has 2 unspecified atom stereocenters. The highest BCUT2D eigenvalue weighted by Crippen LogP contribution is 2.22. The van der Waals surface area contributed by atoms with Gasteiger partial charge < -0.3 is 10.2 Å². The smallest absolute Gasteiger partial charge is 0.251 e. The quantitative estimate of drug-likeness (QED) is 0.859. The van der Waals surface area contributed by atoms with Crippen LogP contribution < -0.4 is 10.2 Å². The number of hydrogen-bond acceptors (Lipinski definition) is 1. The Morgan fingerprint density at radius 2 is 1.86 bits per heavy atom. The van der Waals surface area contributed by atoms with Crippen LogP contribution in [-0.2, 0) is 0 Å². The van der Waals surface area contributed by atoms with Gasteiger partial charge in [0, 0.05) is 24.4 Å². The summed E-state index contributed by atoms with van der Waals surface area (Å²) >= 11 is 0. The zero-order chi connectivity index (χ0) is 15.4. The molecule has 0 aliphatic carbocycles. The minimum Gasteiger partial charge on any atom is -0.349 e. The summed E-state index contributed by atoms with van der Waals surface area (Å²) in [5, 5.41) is 3.29. The van der Waals surface area contributed by atoms with Crippen LogP contribution in [-0.4, -0.2) is 30.6 Å². The Bertz CT molecular complexity index is 473. The lowest BCUT2D eigenvalue weighted by Crippen LogP contribution is -3.21. The Morgan fingerprint density at radius 1 is 1.18 bits per heavy atom. The van der Waals surface area contributed by atoms with Gasteiger partial charge in [-0.15, -0.1) is 0 Å². The van der Waals surface area contributed by atoms with Gasteiger partial charge in [-0.25, -0.2) is 0 Å². The number of piperidine rings is 2. The van der Waals surface area contributed by atoms with Crippen LogP contribution in [0.25, 0.3) is 0 Å². The van der Waals surface area contributed by atoms with Gasteiger partial charge in [0.2, 0.25) is 0 Å². The fourth-order valence-corrected chi connectivity index (χ4v) is 4.40. The van der Waals surface area contributed by atoms with Crippen molar-refractivity contribution in [1.29, 1.82) is 0 Å². The summed E-state index contributed by atoms with van der Waals surface area (Å²) in [7, 11) is 0. The molecule has 2 fully saturated rings. The largest absolute Gasteiger partial charge is 0.349 e. The van der Waals surface area contributed by atoms with E-state index in [0.29, 0.717) is 6.04 Å². The van der Waals surface area contributed by atoms with Gasteiger partial charge in [-0.1, -0.05) is 31.5 Å². The van der Waals surface area contributed by atoms with Gasteiger partial charge in [0.25, 0.3) is 5.91 Å². The fourth-order valence-electron chi connectivity index (χ4n) is 4.40. The van der Waals surface area contributed by atoms with E-state index in [-0.39, 0.29) is 5.91 Å². The number of carbonyl (C=O) groups excluding carboxylic acids is 1. The summed E-state index contributed by atoms with van der Waals surface area (Å²) in [6, 6.07) is 11.5. The molecular weight excluding hydrogens is 272 g/mol. The van der Waals surface area contributed by atoms with Crippen molar-refractivity contribution in [2.75, 3.05) is 6.54 Å². The van der Waals surface area contributed by atoms with Crippen molar-refractivity contribution in [2.45, 2.75) is 70.0 Å². The molecule has 1 amide bonds. The van der Waals surface area contributed by atoms with Gasteiger partial charge in [-0.3, -0.25) is 4.79 Å². The number of unbranched alkanes of at least 4 members (excludes halogenated alkanes) is 1. The normalized spacial score (nSPS) is 30.8. The molecule has 1 aromatic rings. The van der Waals surface area contributed by atoms with Gasteiger partial charge in [0.1, 0.15) is 0 Å². The van der Waals surface area contributed by atoms with E-state index in [0.717, 1.165) is 30.5 Å². The predicted octanol–water partition coefficient (Wildman–Crippen LogP) is 2.18. The lowest BCUT2D eigenvalue weighted by atomic mass is 9.81. The molecule has 2 saturated heterocycles. The summed E-state index contributed by atoms with van der Waals surface area (Å²) in [6.07, 6.45) is 9.01. The first-order valence-corrected chi connectivity index (χ1v) is 8.99. The number of fused-ring (bicyclic) bond motifs is 2. The van der Waals surface area contributed by atoms with Crippen molar-refractivity contribution in [3.05, 3.63) is 35.9 Å². The second kappa shape index (κ2) is 7.28. The molecule has 120 valence electrons. The lowest BCUT2D eigenvalue weighted by Gasteiger charge is -2.46. The molecule has 0 radical (unpaired) electrons. The van der Waals surface area contributed by atoms with Crippen molar-refractivity contribution in [2.24, 2.45) is 0 Å². The van der Waals surface area contributed by atoms with Crippen molar-refractivity contribution in [1.82, 2.24) is 5.32 Å². The SMILES string of the molecule is CCCC[NH+]1[C@@H]2CCC[C@H]1CC(NC(=O)c1ccccc1)C2. The van der Waals surface area contributed by atoms with Crippen molar-refractivity contribution >= 4 is 5.91 Å². The van der Waals surface area contributed by atoms with Gasteiger partial charge in [-0.05, 0) is 37.8 Å². The second-order valence-electron chi connectivity index (χ2n) is 7.01. The van der Waals surface area contributed by atoms with Crippen LogP contribution in [0, 0.1) is 0 Å². The topological polar surface area (TPSA) is 33.5 Å². The molecule has 4 atom stereocenters. The van der Waals surface area contributed by atoms with Crippen LogP contribution in [0.3, 0.4) is 0 Å². The Hall–Kier alpha value is -1.35. The third-order valence-corrected chi connectivity index (χ3v) is 5.48. The molecule has 2 aliphatic rings. The minimum absolute atomic E-state index is 0.0979. The third-order valence-electron chi connectivity index (χ3n) is 5.48. The maximum absolute atomic E-state index is 12.4. The van der Waals surface area contributed by atoms with E-state index in [9.17, 15) is 4.79 Å². The van der Waals surface area contributed by atoms with Crippen molar-refractivity contribution < 1.29 is 9.69 Å². The summed E-state index contributed by atoms with van der Waals surface area (Å²) in [4.78, 5) is 14.2. The standard InChI is InChI=1S/C19H28N2O/c1-2-3-12-21-17-10-7-11-18(21)14-16(13-17)20-19(22)15-8-5-4-6-9-15/h4-6,8-9,16-18H,2-3,7,10-14H2,1H3,(H,20,22)/p+1/t16?,17-,18+. The van der Waals surface area contributed by atoms with Crippen molar-refractivity contribution in [3.63, 3.8) is 0 Å². The van der Waals surface area contributed by atoms with E-state index >= 15 is 0 Å². The van der Waals surface area contributed by atoms with Gasteiger partial charge >= 0.3 is 0 Å². The van der Waals surface area contributed by atoms with Gasteiger partial charge in [-0.2, -0.15) is 0 Å². The zero-order valence-corrected chi connectivity index (χ0v) is 13.7. The highest BCUT2D eigenvalue weighted by molar-refractivity contribution is 5.94. The van der Waals surface area contributed by atoms with Gasteiger partial charge in [0.05, 0.1) is 18.6 Å². The van der Waals surface area contributed by atoms with Crippen LogP contribution in [0.5, 0.6) is 0 Å². The molecule has 1 aromatic carbocycles. The number of nitrogens with one attached hydrogen (secondary N) is 2. The first kappa shape index (κ1) is 15.5. The molecule has 2 N–H and O–H groups in total. The first-order valence-electron chi connectivity index (χ1n) is 8.99. The van der Waals surface area contributed by atoms with Crippen molar-refractivity contribution in [3.8, 4) is 0 Å². The molecular formula is C19H29N2O+. The Balaban J connectivity index is 1.60. The maximum atomic E-state index is 12.4. The highest BCUT2D eigenvalue weighted by atomic mass is 16.1. The van der Waals surface area contributed by atoms with E-state index in [4.69, 9.17) is 0 Å². The number of carbonyl (C=O) groups is 1. The van der Waals surface area contributed by atoms with Crippen LogP contribution in [0.2, 0.25) is 0 Å². The predicted molar refractivity (Wildman–Crippen MR) is 89.1 cm³/mol. The van der Waals surface area contributed by atoms with E-state index in [1.807, 2.05) is 35.2 Å². The Kier molecular flexibility index (Phi) is 5.14. The highest BCUT2D eigenvalue weighted by Gasteiger charge is 2.41. The van der Waals surface area contributed by atoms with Gasteiger partial charge in [0.15, 0.2) is 0 Å². The maximum Gasteiger partial charge on any atom is 0.251 e. The number of hydrogen-bond donors (Lipinski definition) is 2. The van der Waals surface area contributed by atoms with Crippen LogP contribution in [0.1, 0.15) is 62.2 Å². The van der Waals surface area contributed by atoms with E-state index < -0.39 is 0 Å². The fraction of sp³-hybridized carbons (Fsp3) is 0.632. The third kappa shape index (κ3) is 3.52. The molecule has 0 aromatic heterocycles. The second-order valence-corrected chi connectivity index (χ2v) is 7.01. The molecule has 22 heavy (non-hydrogen) atoms. The van der Waals surface area contributed by atoms with E-state index in [2.05, 4.69) is 12.2 Å². The number of quaternary nitrogens is 1. The number of amides is 1. The zero-order valence-electron chi connectivity index (χ0n) is 13.7. The van der Waals surface area contributed by atoms with Crippen LogP contribution in [0.4, 0.5) is 0 Å². The molecule has 0 saturated carbocycles. The first-order chi connectivity index (χ1) is 10.8. The molecule has 3 nitrogen and oxygen atoms in total. The summed E-state index contributed by atoms with van der Waals surface area (Å²) in [5.74, 6) is 0.0979. The molecule has 2 aliphatic heterocycles. The molecule has 3 heteroatoms. The summed E-state index contributed by atoms with van der Waals surface area (Å²) in [5.41, 5.74) is 0.786. The monoisotopic (exact) mass is 301 g/mol. The number of benzene rings is 1. The van der Waals surface area contributed by atoms with E-state index in [1.54, 1.807) is 0 Å². The molecule has 2 heterocycles. The molecule has 0 spiro atoms. The Morgan fingerprint density at radius 3 is 2.50 bits per heavy atom. The minimum atomic E-state index is 0.0979. The summed E-state index contributed by atoms with van der Waals surface area (Å²) < 4.78 is 0. The van der Waals surface area contributed by atoms with Crippen LogP contribution >= 0.6 is 0 Å². The average molecular weight is 301 g/mol.